The molecule has 0 amide bonds. The summed E-state index contributed by atoms with van der Waals surface area (Å²) in [4.78, 5) is 24.2. The van der Waals surface area contributed by atoms with E-state index in [1.165, 1.54) is 11.6 Å². The molecule has 0 aliphatic carbocycles. The molecule has 0 bridgehead atoms. The third-order valence-electron chi connectivity index (χ3n) is 3.25. The van der Waals surface area contributed by atoms with Crippen LogP contribution < -0.4 is 22.3 Å². The van der Waals surface area contributed by atoms with E-state index < -0.39 is 11.2 Å². The Balaban J connectivity index is 2.38. The highest BCUT2D eigenvalue weighted by Gasteiger charge is 2.14. The highest BCUT2D eigenvalue weighted by Crippen LogP contribution is 2.12. The van der Waals surface area contributed by atoms with Crippen LogP contribution in [-0.2, 0) is 27.2 Å². The highest BCUT2D eigenvalue weighted by molar-refractivity contribution is 5.60. The molecule has 21 heavy (non-hydrogen) atoms. The SMILES string of the molecule is CCCn1c(N)c(NCc2ccn(C)n2)c(=O)n(C)c1=O. The second kappa shape index (κ2) is 5.86. The fraction of sp³-hybridized carbons (Fsp3) is 0.462. The average Bonchev–Trinajstić information content (AvgIpc) is 2.87. The average molecular weight is 292 g/mol. The molecular formula is C13H20N6O2. The first-order chi connectivity index (χ1) is 9.95. The molecule has 0 aromatic carbocycles. The Morgan fingerprint density at radius 1 is 1.33 bits per heavy atom. The van der Waals surface area contributed by atoms with Crippen molar-refractivity contribution in [3.05, 3.63) is 38.8 Å². The van der Waals surface area contributed by atoms with Crippen LogP contribution in [-0.4, -0.2) is 18.9 Å². The molecule has 0 fully saturated rings. The lowest BCUT2D eigenvalue weighted by atomic mass is 10.3. The molecule has 0 spiro atoms. The number of nitrogens with two attached hydrogens (primary N) is 1. The van der Waals surface area contributed by atoms with E-state index in [0.29, 0.717) is 13.1 Å². The van der Waals surface area contributed by atoms with E-state index in [9.17, 15) is 9.59 Å². The summed E-state index contributed by atoms with van der Waals surface area (Å²) in [6, 6.07) is 1.84. The van der Waals surface area contributed by atoms with Crippen molar-refractivity contribution < 1.29 is 0 Å². The predicted octanol–water partition coefficient (Wildman–Crippen LogP) is -0.115. The van der Waals surface area contributed by atoms with Gasteiger partial charge in [-0.25, -0.2) is 4.79 Å². The quantitative estimate of drug-likeness (QED) is 0.800. The molecule has 2 aromatic rings. The van der Waals surface area contributed by atoms with Crippen molar-refractivity contribution in [3.8, 4) is 0 Å². The molecule has 0 aliphatic heterocycles. The zero-order chi connectivity index (χ0) is 15.6. The van der Waals surface area contributed by atoms with Gasteiger partial charge in [0.1, 0.15) is 11.5 Å². The minimum absolute atomic E-state index is 0.167. The first-order valence-electron chi connectivity index (χ1n) is 6.77. The Morgan fingerprint density at radius 2 is 2.05 bits per heavy atom. The lowest BCUT2D eigenvalue weighted by Gasteiger charge is -2.15. The van der Waals surface area contributed by atoms with Gasteiger partial charge in [0, 0.05) is 26.8 Å². The third-order valence-corrected chi connectivity index (χ3v) is 3.25. The zero-order valence-corrected chi connectivity index (χ0v) is 12.5. The van der Waals surface area contributed by atoms with Gasteiger partial charge in [0.05, 0.1) is 12.2 Å². The maximum absolute atomic E-state index is 12.2. The number of rotatable bonds is 5. The van der Waals surface area contributed by atoms with Crippen LogP contribution in [0.25, 0.3) is 0 Å². The van der Waals surface area contributed by atoms with Gasteiger partial charge in [-0.2, -0.15) is 5.10 Å². The monoisotopic (exact) mass is 292 g/mol. The lowest BCUT2D eigenvalue weighted by Crippen LogP contribution is -2.40. The second-order valence-electron chi connectivity index (χ2n) is 4.89. The molecule has 0 radical (unpaired) electrons. The van der Waals surface area contributed by atoms with Crippen molar-refractivity contribution in [2.45, 2.75) is 26.4 Å². The number of nitrogens with one attached hydrogen (secondary N) is 1. The minimum atomic E-state index is -0.430. The van der Waals surface area contributed by atoms with E-state index in [0.717, 1.165) is 16.7 Å². The van der Waals surface area contributed by atoms with Crippen molar-refractivity contribution in [2.75, 3.05) is 11.1 Å². The summed E-state index contributed by atoms with van der Waals surface area (Å²) < 4.78 is 4.14. The van der Waals surface area contributed by atoms with Gasteiger partial charge in [0.25, 0.3) is 5.56 Å². The van der Waals surface area contributed by atoms with Crippen LogP contribution in [0, 0.1) is 0 Å². The van der Waals surface area contributed by atoms with Gasteiger partial charge in [-0.05, 0) is 12.5 Å². The van der Waals surface area contributed by atoms with Gasteiger partial charge < -0.3 is 11.1 Å². The van der Waals surface area contributed by atoms with Crippen LogP contribution in [0.4, 0.5) is 11.5 Å². The Hall–Kier alpha value is -2.51. The minimum Gasteiger partial charge on any atom is -0.383 e. The molecule has 0 saturated carbocycles. The summed E-state index contributed by atoms with van der Waals surface area (Å²) in [6.07, 6.45) is 2.57. The summed E-state index contributed by atoms with van der Waals surface area (Å²) in [5, 5.41) is 7.20. The number of nitrogens with zero attached hydrogens (tertiary/aromatic N) is 4. The third kappa shape index (κ3) is 2.83. The van der Waals surface area contributed by atoms with Crippen molar-refractivity contribution in [1.82, 2.24) is 18.9 Å². The van der Waals surface area contributed by atoms with Crippen LogP contribution in [0.2, 0.25) is 0 Å². The largest absolute Gasteiger partial charge is 0.383 e. The van der Waals surface area contributed by atoms with Gasteiger partial charge in [-0.3, -0.25) is 18.6 Å². The molecule has 0 aliphatic rings. The Kier molecular flexibility index (Phi) is 4.15. The highest BCUT2D eigenvalue weighted by atomic mass is 16.2. The van der Waals surface area contributed by atoms with E-state index in [2.05, 4.69) is 10.4 Å². The van der Waals surface area contributed by atoms with Crippen molar-refractivity contribution in [2.24, 2.45) is 14.1 Å². The normalized spacial score (nSPS) is 10.8. The predicted molar refractivity (Wildman–Crippen MR) is 81.2 cm³/mol. The van der Waals surface area contributed by atoms with Crippen molar-refractivity contribution in [3.63, 3.8) is 0 Å². The van der Waals surface area contributed by atoms with Crippen molar-refractivity contribution in [1.29, 1.82) is 0 Å². The Labute approximate surface area is 121 Å². The molecular weight excluding hydrogens is 272 g/mol. The van der Waals surface area contributed by atoms with Crippen LogP contribution in [0.3, 0.4) is 0 Å². The maximum Gasteiger partial charge on any atom is 0.332 e. The molecule has 8 heteroatoms. The number of hydrogen-bond donors (Lipinski definition) is 2. The number of aromatic nitrogens is 4. The van der Waals surface area contributed by atoms with E-state index in [-0.39, 0.29) is 11.5 Å². The second-order valence-corrected chi connectivity index (χ2v) is 4.89. The van der Waals surface area contributed by atoms with E-state index in [1.807, 2.05) is 26.2 Å². The number of hydrogen-bond acceptors (Lipinski definition) is 5. The van der Waals surface area contributed by atoms with Gasteiger partial charge in [0.15, 0.2) is 0 Å². The molecule has 3 N–H and O–H groups in total. The Bertz CT molecular complexity index is 755. The van der Waals surface area contributed by atoms with Crippen LogP contribution >= 0.6 is 0 Å². The lowest BCUT2D eigenvalue weighted by molar-refractivity contribution is 0.600. The fourth-order valence-electron chi connectivity index (χ4n) is 2.13. The molecule has 114 valence electrons. The molecule has 0 atom stereocenters. The van der Waals surface area contributed by atoms with Gasteiger partial charge in [0.2, 0.25) is 0 Å². The first-order valence-corrected chi connectivity index (χ1v) is 6.77. The van der Waals surface area contributed by atoms with Gasteiger partial charge >= 0.3 is 5.69 Å². The van der Waals surface area contributed by atoms with E-state index >= 15 is 0 Å². The summed E-state index contributed by atoms with van der Waals surface area (Å²) >= 11 is 0. The van der Waals surface area contributed by atoms with E-state index in [4.69, 9.17) is 5.73 Å². The molecule has 2 rings (SSSR count). The van der Waals surface area contributed by atoms with Gasteiger partial charge in [-0.1, -0.05) is 6.92 Å². The van der Waals surface area contributed by atoms with Crippen LogP contribution in [0.15, 0.2) is 21.9 Å². The molecule has 0 unspecified atom stereocenters. The van der Waals surface area contributed by atoms with Crippen LogP contribution in [0.5, 0.6) is 0 Å². The first kappa shape index (κ1) is 14.9. The molecule has 0 saturated heterocycles. The summed E-state index contributed by atoms with van der Waals surface area (Å²) in [7, 11) is 3.26. The standard InChI is InChI=1S/C13H20N6O2/c1-4-6-19-11(14)10(12(20)18(3)13(19)21)15-8-9-5-7-17(2)16-9/h5,7,15H,4,6,8,14H2,1-3H3. The van der Waals surface area contributed by atoms with Crippen LogP contribution in [0.1, 0.15) is 19.0 Å². The topological polar surface area (TPSA) is 99.9 Å². The molecule has 2 aromatic heterocycles. The Morgan fingerprint density at radius 3 is 2.62 bits per heavy atom. The van der Waals surface area contributed by atoms with E-state index in [1.54, 1.807) is 4.68 Å². The maximum atomic E-state index is 12.2. The van der Waals surface area contributed by atoms with Gasteiger partial charge in [-0.15, -0.1) is 0 Å². The fourth-order valence-corrected chi connectivity index (χ4v) is 2.13. The summed E-state index contributed by atoms with van der Waals surface area (Å²) in [5.41, 5.74) is 6.16. The number of anilines is 2. The summed E-state index contributed by atoms with van der Waals surface area (Å²) in [5.74, 6) is 0.167. The summed E-state index contributed by atoms with van der Waals surface area (Å²) in [6.45, 7) is 2.78. The zero-order valence-electron chi connectivity index (χ0n) is 12.5. The number of nitrogen functional groups attached to an aromatic ring is 1. The molecule has 2 heterocycles. The molecule has 8 nitrogen and oxygen atoms in total. The smallest absolute Gasteiger partial charge is 0.332 e. The van der Waals surface area contributed by atoms with Crippen molar-refractivity contribution >= 4 is 11.5 Å². The number of aryl methyl sites for hydroxylation is 1.